The number of fused-ring (bicyclic) bond motifs is 5. The number of thiocarbonyl (C=S) groups is 1. The Kier molecular flexibility index (Phi) is 4.54. The number of hydrogen-bond acceptors (Lipinski definition) is 3. The Labute approximate surface area is 145 Å². The van der Waals surface area contributed by atoms with E-state index in [0.717, 1.165) is 23.7 Å². The van der Waals surface area contributed by atoms with Gasteiger partial charge in [-0.15, -0.1) is 0 Å². The molecule has 0 radical (unpaired) electrons. The van der Waals surface area contributed by atoms with Gasteiger partial charge in [-0.1, -0.05) is 6.42 Å². The summed E-state index contributed by atoms with van der Waals surface area (Å²) in [4.78, 5) is 0. The summed E-state index contributed by atoms with van der Waals surface area (Å²) >= 11 is 9.72. The van der Waals surface area contributed by atoms with E-state index in [9.17, 15) is 0 Å². The van der Waals surface area contributed by atoms with Crippen molar-refractivity contribution in [1.29, 1.82) is 0 Å². The van der Waals surface area contributed by atoms with Crippen LogP contribution in [-0.2, 0) is 17.4 Å². The van der Waals surface area contributed by atoms with Gasteiger partial charge in [0.05, 0.1) is 6.10 Å². The Hall–Kier alpha value is 1.75. The van der Waals surface area contributed by atoms with Gasteiger partial charge in [-0.3, -0.25) is 0 Å². The van der Waals surface area contributed by atoms with Crippen molar-refractivity contribution < 1.29 is 56.1 Å². The standard InChI is InChI=1S/C11H16OS2.K/c13-11(14)12-10-5-6-4-9(10)8-3-1-2-7(6)8;/h6-10H,1-5H2,(H,13,14);/q;+1/p-1/t6-,7+,8-,9-,10+;/m1./s1. The van der Waals surface area contributed by atoms with Gasteiger partial charge in [0.15, 0.2) is 0 Å². The SMILES string of the molecule is S=C([S-])O[C@H]1C[C@H]2C[C@@H]1[C@@H]1CCC[C@@H]21.[K+]. The van der Waals surface area contributed by atoms with Crippen molar-refractivity contribution in [2.75, 3.05) is 0 Å². The van der Waals surface area contributed by atoms with Gasteiger partial charge in [0, 0.05) is 4.38 Å². The fourth-order valence-corrected chi connectivity index (χ4v) is 4.51. The van der Waals surface area contributed by atoms with Crippen LogP contribution in [0.5, 0.6) is 0 Å². The second-order valence-corrected chi connectivity index (χ2v) is 6.06. The summed E-state index contributed by atoms with van der Waals surface area (Å²) in [7, 11) is 0. The van der Waals surface area contributed by atoms with E-state index in [1.807, 2.05) is 0 Å². The van der Waals surface area contributed by atoms with E-state index in [-0.39, 0.29) is 51.4 Å². The number of rotatable bonds is 1. The van der Waals surface area contributed by atoms with Crippen LogP contribution in [0.1, 0.15) is 32.1 Å². The van der Waals surface area contributed by atoms with Gasteiger partial charge in [-0.05, 0) is 49.4 Å². The first-order valence-electron chi connectivity index (χ1n) is 5.63. The molecule has 0 amide bonds. The molecular weight excluding hydrogens is 251 g/mol. The van der Waals surface area contributed by atoms with Crippen LogP contribution in [0.3, 0.4) is 0 Å². The minimum atomic E-state index is 0. The molecule has 3 saturated carbocycles. The van der Waals surface area contributed by atoms with Gasteiger partial charge in [0.1, 0.15) is 0 Å². The molecule has 0 aromatic carbocycles. The minimum Gasteiger partial charge on any atom is -0.510 e. The number of hydrogen-bond donors (Lipinski definition) is 0. The Bertz CT molecular complexity index is 271. The van der Waals surface area contributed by atoms with Crippen LogP contribution in [-0.4, -0.2) is 10.5 Å². The topological polar surface area (TPSA) is 9.23 Å². The molecule has 0 aromatic rings. The van der Waals surface area contributed by atoms with Gasteiger partial charge < -0.3 is 29.6 Å². The maximum absolute atomic E-state index is 5.60. The Balaban J connectivity index is 0.000000853. The molecule has 15 heavy (non-hydrogen) atoms. The van der Waals surface area contributed by atoms with Crippen molar-refractivity contribution in [1.82, 2.24) is 0 Å². The fraction of sp³-hybridized carbons (Fsp3) is 0.909. The maximum atomic E-state index is 5.60. The first kappa shape index (κ1) is 13.2. The Morgan fingerprint density at radius 3 is 2.60 bits per heavy atom. The molecule has 3 fully saturated rings. The summed E-state index contributed by atoms with van der Waals surface area (Å²) in [5.74, 6) is 3.69. The van der Waals surface area contributed by atoms with Crippen LogP contribution in [0.4, 0.5) is 0 Å². The van der Waals surface area contributed by atoms with Crippen LogP contribution in [0.2, 0.25) is 0 Å². The quantitative estimate of drug-likeness (QED) is 0.365. The van der Waals surface area contributed by atoms with E-state index >= 15 is 0 Å². The average molecular weight is 266 g/mol. The molecule has 4 heteroatoms. The van der Waals surface area contributed by atoms with Crippen molar-refractivity contribution in [2.45, 2.75) is 38.2 Å². The molecule has 0 aromatic heterocycles. The molecule has 2 bridgehead atoms. The largest absolute Gasteiger partial charge is 1.00 e. The third-order valence-electron chi connectivity index (χ3n) is 4.62. The first-order valence-corrected chi connectivity index (χ1v) is 6.45. The van der Waals surface area contributed by atoms with E-state index in [2.05, 4.69) is 0 Å². The summed E-state index contributed by atoms with van der Waals surface area (Å²) in [5, 5.41) is 0. The van der Waals surface area contributed by atoms with E-state index in [1.54, 1.807) is 0 Å². The minimum absolute atomic E-state index is 0. The van der Waals surface area contributed by atoms with Crippen LogP contribution in [0.25, 0.3) is 0 Å². The van der Waals surface area contributed by atoms with Gasteiger partial charge in [0.2, 0.25) is 0 Å². The molecule has 5 atom stereocenters. The van der Waals surface area contributed by atoms with Crippen LogP contribution in [0, 0.1) is 23.7 Å². The maximum Gasteiger partial charge on any atom is 1.00 e. The van der Waals surface area contributed by atoms with Crippen LogP contribution >= 0.6 is 12.2 Å². The predicted octanol–water partition coefficient (Wildman–Crippen LogP) is -0.336. The smallest absolute Gasteiger partial charge is 0.510 e. The normalized spacial score (nSPS) is 46.0. The molecule has 0 unspecified atom stereocenters. The summed E-state index contributed by atoms with van der Waals surface area (Å²) in [6, 6.07) is 0. The van der Waals surface area contributed by atoms with Crippen molar-refractivity contribution >= 4 is 29.2 Å². The molecule has 0 heterocycles. The zero-order valence-corrected chi connectivity index (χ0v) is 13.9. The summed E-state index contributed by atoms with van der Waals surface area (Å²) in [5.41, 5.74) is 0. The zero-order valence-electron chi connectivity index (χ0n) is 9.15. The second kappa shape index (κ2) is 5.17. The molecule has 0 spiro atoms. The van der Waals surface area contributed by atoms with Crippen LogP contribution in [0.15, 0.2) is 0 Å². The van der Waals surface area contributed by atoms with E-state index in [4.69, 9.17) is 29.6 Å². The zero-order chi connectivity index (χ0) is 9.71. The first-order chi connectivity index (χ1) is 6.75. The third kappa shape index (κ3) is 2.33. The molecule has 3 aliphatic rings. The molecule has 3 aliphatic carbocycles. The molecule has 78 valence electrons. The van der Waals surface area contributed by atoms with Crippen molar-refractivity contribution in [3.63, 3.8) is 0 Å². The van der Waals surface area contributed by atoms with E-state index in [1.165, 1.54) is 32.1 Å². The molecule has 3 rings (SSSR count). The third-order valence-corrected chi connectivity index (χ3v) is 4.81. The van der Waals surface area contributed by atoms with E-state index < -0.39 is 0 Å². The average Bonchev–Trinajstić information content (AvgIpc) is 2.68. The molecule has 1 nitrogen and oxygen atoms in total. The molecule has 0 aliphatic heterocycles. The molecule has 0 N–H and O–H groups in total. The second-order valence-electron chi connectivity index (χ2n) is 5.06. The summed E-state index contributed by atoms with van der Waals surface area (Å²) in [6.45, 7) is 0. The Morgan fingerprint density at radius 1 is 1.13 bits per heavy atom. The molecular formula is C11H15KOS2. The Morgan fingerprint density at radius 2 is 1.87 bits per heavy atom. The van der Waals surface area contributed by atoms with Crippen molar-refractivity contribution in [3.05, 3.63) is 0 Å². The summed E-state index contributed by atoms with van der Waals surface area (Å²) < 4.78 is 5.93. The number of ether oxygens (including phenoxy) is 1. The van der Waals surface area contributed by atoms with Crippen LogP contribution < -0.4 is 51.4 Å². The van der Waals surface area contributed by atoms with Gasteiger partial charge in [0.25, 0.3) is 0 Å². The predicted molar refractivity (Wildman–Crippen MR) is 61.9 cm³/mol. The monoisotopic (exact) mass is 266 g/mol. The van der Waals surface area contributed by atoms with Crippen molar-refractivity contribution in [3.8, 4) is 0 Å². The van der Waals surface area contributed by atoms with E-state index in [0.29, 0.717) is 10.5 Å². The fourth-order valence-electron chi connectivity index (χ4n) is 4.26. The van der Waals surface area contributed by atoms with Gasteiger partial charge in [-0.2, -0.15) is 0 Å². The van der Waals surface area contributed by atoms with Crippen molar-refractivity contribution in [2.24, 2.45) is 23.7 Å². The molecule has 0 saturated heterocycles. The summed E-state index contributed by atoms with van der Waals surface area (Å²) in [6.07, 6.45) is 7.32. The van der Waals surface area contributed by atoms with Gasteiger partial charge >= 0.3 is 51.4 Å². The van der Waals surface area contributed by atoms with Gasteiger partial charge in [-0.25, -0.2) is 0 Å².